The van der Waals surface area contributed by atoms with Crippen molar-refractivity contribution in [2.75, 3.05) is 0 Å². The zero-order chi connectivity index (χ0) is 8.20. The lowest BCUT2D eigenvalue weighted by Crippen LogP contribution is -2.18. The van der Waals surface area contributed by atoms with Crippen LogP contribution in [-0.2, 0) is 0 Å². The van der Waals surface area contributed by atoms with Gasteiger partial charge in [-0.25, -0.2) is 0 Å². The van der Waals surface area contributed by atoms with Crippen LogP contribution in [0.3, 0.4) is 0 Å². The molecule has 0 aromatic rings. The highest BCUT2D eigenvalue weighted by Crippen LogP contribution is 2.12. The first-order valence-electron chi connectivity index (χ1n) is 3.82. The first kappa shape index (κ1) is 9.92. The van der Waals surface area contributed by atoms with Crippen LogP contribution < -0.4 is 0 Å². The van der Waals surface area contributed by atoms with Crippen LogP contribution in [-0.4, -0.2) is 21.9 Å². The lowest BCUT2D eigenvalue weighted by Gasteiger charge is -2.16. The Morgan fingerprint density at radius 3 is 2.20 bits per heavy atom. The molecule has 0 spiro atoms. The monoisotopic (exact) mass is 146 g/mol. The van der Waals surface area contributed by atoms with Crippen LogP contribution in [0.15, 0.2) is 0 Å². The van der Waals surface area contributed by atoms with Crippen molar-refractivity contribution in [2.45, 2.75) is 51.7 Å². The zero-order valence-corrected chi connectivity index (χ0v) is 7.09. The third-order valence-electron chi connectivity index (χ3n) is 1.41. The van der Waals surface area contributed by atoms with E-state index in [4.69, 9.17) is 5.11 Å². The molecule has 0 bridgehead atoms. The van der Waals surface area contributed by atoms with Crippen LogP contribution in [0.5, 0.6) is 0 Å². The highest BCUT2D eigenvalue weighted by Gasteiger charge is 2.11. The molecule has 0 aliphatic carbocycles. The second-order valence-electron chi connectivity index (χ2n) is 3.55. The van der Waals surface area contributed by atoms with Gasteiger partial charge >= 0.3 is 0 Å². The summed E-state index contributed by atoms with van der Waals surface area (Å²) in [6.45, 7) is 5.34. The molecule has 0 aliphatic rings. The van der Waals surface area contributed by atoms with E-state index in [1.165, 1.54) is 0 Å². The van der Waals surface area contributed by atoms with Gasteiger partial charge in [-0.15, -0.1) is 0 Å². The molecule has 10 heavy (non-hydrogen) atoms. The molecule has 1 atom stereocenters. The van der Waals surface area contributed by atoms with E-state index in [2.05, 4.69) is 0 Å². The number of rotatable bonds is 4. The predicted molar refractivity (Wildman–Crippen MR) is 41.8 cm³/mol. The van der Waals surface area contributed by atoms with Crippen molar-refractivity contribution in [3.63, 3.8) is 0 Å². The Kier molecular flexibility index (Phi) is 3.91. The lowest BCUT2D eigenvalue weighted by molar-refractivity contribution is 0.0633. The molecular weight excluding hydrogens is 128 g/mol. The number of aliphatic hydroxyl groups excluding tert-OH is 1. The van der Waals surface area contributed by atoms with E-state index in [1.807, 2.05) is 0 Å². The van der Waals surface area contributed by atoms with Gasteiger partial charge in [0.25, 0.3) is 0 Å². The minimum atomic E-state index is -0.575. The van der Waals surface area contributed by atoms with Crippen molar-refractivity contribution in [3.8, 4) is 0 Å². The van der Waals surface area contributed by atoms with Crippen molar-refractivity contribution in [1.29, 1.82) is 0 Å². The average Bonchev–Trinajstić information content (AvgIpc) is 1.59. The largest absolute Gasteiger partial charge is 0.393 e. The summed E-state index contributed by atoms with van der Waals surface area (Å²) in [4.78, 5) is 0. The molecule has 0 fully saturated rings. The van der Waals surface area contributed by atoms with Gasteiger partial charge in [0.15, 0.2) is 0 Å². The summed E-state index contributed by atoms with van der Waals surface area (Å²) in [7, 11) is 0. The molecular formula is C8H18O2. The molecule has 2 heteroatoms. The summed E-state index contributed by atoms with van der Waals surface area (Å²) in [5.41, 5.74) is -0.575. The summed E-state index contributed by atoms with van der Waals surface area (Å²) >= 11 is 0. The van der Waals surface area contributed by atoms with Gasteiger partial charge in [0.05, 0.1) is 11.7 Å². The molecule has 0 heterocycles. The quantitative estimate of drug-likeness (QED) is 0.627. The van der Waals surface area contributed by atoms with Crippen LogP contribution in [0.25, 0.3) is 0 Å². The molecule has 62 valence electrons. The van der Waals surface area contributed by atoms with E-state index in [9.17, 15) is 5.11 Å². The van der Waals surface area contributed by atoms with E-state index in [0.29, 0.717) is 0 Å². The van der Waals surface area contributed by atoms with Gasteiger partial charge in [-0.2, -0.15) is 0 Å². The molecule has 0 aromatic carbocycles. The highest BCUT2D eigenvalue weighted by molar-refractivity contribution is 4.65. The van der Waals surface area contributed by atoms with Crippen LogP contribution in [0.4, 0.5) is 0 Å². The number of hydrogen-bond acceptors (Lipinski definition) is 2. The van der Waals surface area contributed by atoms with Crippen LogP contribution in [0.2, 0.25) is 0 Å². The molecule has 0 radical (unpaired) electrons. The molecule has 0 aliphatic heterocycles. The third kappa shape index (κ3) is 7.92. The Bertz CT molecular complexity index is 81.7. The molecule has 2 nitrogen and oxygen atoms in total. The molecule has 0 amide bonds. The normalized spacial score (nSPS) is 15.3. The smallest absolute Gasteiger partial charge is 0.0591 e. The van der Waals surface area contributed by atoms with Gasteiger partial charge in [0.1, 0.15) is 0 Å². The van der Waals surface area contributed by atoms with Gasteiger partial charge in [-0.3, -0.25) is 0 Å². The molecule has 0 unspecified atom stereocenters. The molecule has 0 rings (SSSR count). The van der Waals surface area contributed by atoms with Crippen LogP contribution in [0.1, 0.15) is 40.0 Å². The summed E-state index contributed by atoms with van der Waals surface area (Å²) in [5.74, 6) is 0. The highest BCUT2D eigenvalue weighted by atomic mass is 16.3. The van der Waals surface area contributed by atoms with Crippen molar-refractivity contribution >= 4 is 0 Å². The average molecular weight is 146 g/mol. The lowest BCUT2D eigenvalue weighted by atomic mass is 10.0. The summed E-state index contributed by atoms with van der Waals surface area (Å²) in [6.07, 6.45) is 2.20. The maximum absolute atomic E-state index is 9.25. The fourth-order valence-electron chi connectivity index (χ4n) is 0.830. The van der Waals surface area contributed by atoms with E-state index in [0.717, 1.165) is 19.3 Å². The summed E-state index contributed by atoms with van der Waals surface area (Å²) in [5, 5.41) is 18.1. The van der Waals surface area contributed by atoms with Gasteiger partial charge in [0, 0.05) is 0 Å². The molecule has 0 saturated carbocycles. The third-order valence-corrected chi connectivity index (χ3v) is 1.41. The summed E-state index contributed by atoms with van der Waals surface area (Å²) < 4.78 is 0. The number of hydrogen-bond donors (Lipinski definition) is 2. The molecule has 0 aromatic heterocycles. The van der Waals surface area contributed by atoms with E-state index in [1.54, 1.807) is 20.8 Å². The minimum absolute atomic E-state index is 0.234. The second kappa shape index (κ2) is 3.94. The summed E-state index contributed by atoms with van der Waals surface area (Å²) in [6, 6.07) is 0. The Hall–Kier alpha value is -0.0800. The predicted octanol–water partition coefficient (Wildman–Crippen LogP) is 1.31. The van der Waals surface area contributed by atoms with Crippen molar-refractivity contribution in [3.05, 3.63) is 0 Å². The van der Waals surface area contributed by atoms with Crippen molar-refractivity contribution in [1.82, 2.24) is 0 Å². The Morgan fingerprint density at radius 1 is 1.40 bits per heavy atom. The van der Waals surface area contributed by atoms with Gasteiger partial charge in [-0.05, 0) is 40.0 Å². The van der Waals surface area contributed by atoms with E-state index >= 15 is 0 Å². The fraction of sp³-hybridized carbons (Fsp3) is 1.00. The van der Waals surface area contributed by atoms with Crippen molar-refractivity contribution < 1.29 is 10.2 Å². The Morgan fingerprint density at radius 2 is 1.90 bits per heavy atom. The number of aliphatic hydroxyl groups is 2. The van der Waals surface area contributed by atoms with Gasteiger partial charge in [-0.1, -0.05) is 0 Å². The van der Waals surface area contributed by atoms with E-state index in [-0.39, 0.29) is 6.10 Å². The van der Waals surface area contributed by atoms with E-state index < -0.39 is 5.60 Å². The first-order valence-corrected chi connectivity index (χ1v) is 3.82. The molecule has 2 N–H and O–H groups in total. The maximum Gasteiger partial charge on any atom is 0.0591 e. The second-order valence-corrected chi connectivity index (χ2v) is 3.55. The first-order chi connectivity index (χ1) is 4.42. The molecule has 0 saturated heterocycles. The van der Waals surface area contributed by atoms with Crippen molar-refractivity contribution in [2.24, 2.45) is 0 Å². The SMILES string of the molecule is C[C@@H](O)CCCC(C)(C)O. The minimum Gasteiger partial charge on any atom is -0.393 e. The maximum atomic E-state index is 9.25. The van der Waals surface area contributed by atoms with Crippen LogP contribution in [0, 0.1) is 0 Å². The Labute approximate surface area is 62.9 Å². The Balaban J connectivity index is 3.21. The van der Waals surface area contributed by atoms with Gasteiger partial charge in [0.2, 0.25) is 0 Å². The standard InChI is InChI=1S/C8H18O2/c1-7(9)5-4-6-8(2,3)10/h7,9-10H,4-6H2,1-3H3/t7-/m1/s1. The van der Waals surface area contributed by atoms with Gasteiger partial charge < -0.3 is 10.2 Å². The van der Waals surface area contributed by atoms with Crippen LogP contribution >= 0.6 is 0 Å². The topological polar surface area (TPSA) is 40.5 Å². The fourth-order valence-corrected chi connectivity index (χ4v) is 0.830. The zero-order valence-electron chi connectivity index (χ0n) is 7.09.